The number of anilines is 1. The van der Waals surface area contributed by atoms with E-state index in [0.29, 0.717) is 11.6 Å². The van der Waals surface area contributed by atoms with Crippen LogP contribution in [0.2, 0.25) is 0 Å². The molecule has 0 heterocycles. The number of hydrazone groups is 1. The summed E-state index contributed by atoms with van der Waals surface area (Å²) in [4.78, 5) is 11.5. The molecule has 0 atom stereocenters. The number of carbonyl (C=O) groups is 1. The molecule has 0 unspecified atom stereocenters. The molecule has 1 saturated carbocycles. The molecular formula is C13H12N3O. The molecule has 0 bridgehead atoms. The number of nitrogen functional groups attached to an aromatic ring is 1. The number of benzene rings is 1. The summed E-state index contributed by atoms with van der Waals surface area (Å²) < 4.78 is 0. The summed E-state index contributed by atoms with van der Waals surface area (Å²) in [7, 11) is 0. The Morgan fingerprint density at radius 1 is 1.24 bits per heavy atom. The first-order valence-corrected chi connectivity index (χ1v) is 5.17. The SMILES string of the molecule is Nc1ccccc1/C=N/NC(=O)[C]1[CH][CH][CH][CH]1. The van der Waals surface area contributed by atoms with Crippen LogP contribution in [0.1, 0.15) is 5.56 Å². The first kappa shape index (κ1) is 11.6. The molecule has 0 aromatic heterocycles. The van der Waals surface area contributed by atoms with E-state index in [-0.39, 0.29) is 5.91 Å². The second-order valence-corrected chi connectivity index (χ2v) is 3.50. The second-order valence-electron chi connectivity index (χ2n) is 3.50. The Labute approximate surface area is 101 Å². The Hall–Kier alpha value is -1.84. The largest absolute Gasteiger partial charge is 0.398 e. The Balaban J connectivity index is 1.89. The van der Waals surface area contributed by atoms with Crippen molar-refractivity contribution in [1.29, 1.82) is 0 Å². The third-order valence-corrected chi connectivity index (χ3v) is 2.29. The van der Waals surface area contributed by atoms with Gasteiger partial charge in [0.05, 0.1) is 12.1 Å². The van der Waals surface area contributed by atoms with Crippen LogP contribution in [0.25, 0.3) is 0 Å². The number of hydrogen-bond donors (Lipinski definition) is 2. The quantitative estimate of drug-likeness (QED) is 0.461. The van der Waals surface area contributed by atoms with Crippen LogP contribution in [-0.4, -0.2) is 12.1 Å². The topological polar surface area (TPSA) is 67.5 Å². The van der Waals surface area contributed by atoms with Gasteiger partial charge in [-0.05, 0) is 31.7 Å². The van der Waals surface area contributed by atoms with Crippen LogP contribution in [0.15, 0.2) is 29.4 Å². The maximum absolute atomic E-state index is 11.5. The number of nitrogens with zero attached hydrogens (tertiary/aromatic N) is 1. The fraction of sp³-hybridized carbons (Fsp3) is 0. The summed E-state index contributed by atoms with van der Waals surface area (Å²) in [5.41, 5.74) is 9.56. The minimum absolute atomic E-state index is 0.235. The fourth-order valence-electron chi connectivity index (χ4n) is 1.38. The van der Waals surface area contributed by atoms with Gasteiger partial charge < -0.3 is 5.73 Å². The highest BCUT2D eigenvalue weighted by Crippen LogP contribution is 2.22. The number of hydrogen-bond acceptors (Lipinski definition) is 3. The van der Waals surface area contributed by atoms with Gasteiger partial charge in [0.15, 0.2) is 0 Å². The molecule has 17 heavy (non-hydrogen) atoms. The first-order chi connectivity index (χ1) is 8.27. The van der Waals surface area contributed by atoms with Crippen molar-refractivity contribution >= 4 is 17.8 Å². The minimum Gasteiger partial charge on any atom is -0.398 e. The number of nitrogens with one attached hydrogen (secondary N) is 1. The van der Waals surface area contributed by atoms with E-state index < -0.39 is 0 Å². The molecule has 2 rings (SSSR count). The van der Waals surface area contributed by atoms with Gasteiger partial charge >= 0.3 is 0 Å². The zero-order valence-corrected chi connectivity index (χ0v) is 9.13. The second kappa shape index (κ2) is 5.48. The van der Waals surface area contributed by atoms with Gasteiger partial charge in [0.25, 0.3) is 0 Å². The van der Waals surface area contributed by atoms with Crippen molar-refractivity contribution in [2.75, 3.05) is 5.73 Å². The Kier molecular flexibility index (Phi) is 3.75. The summed E-state index contributed by atoms with van der Waals surface area (Å²) in [6.07, 6.45) is 8.57. The lowest BCUT2D eigenvalue weighted by atomic mass is 10.1. The molecule has 5 radical (unpaired) electrons. The molecule has 4 heteroatoms. The van der Waals surface area contributed by atoms with Crippen molar-refractivity contribution in [2.24, 2.45) is 5.10 Å². The van der Waals surface area contributed by atoms with E-state index in [1.165, 1.54) is 6.21 Å². The van der Waals surface area contributed by atoms with Gasteiger partial charge in [-0.25, -0.2) is 5.43 Å². The summed E-state index contributed by atoms with van der Waals surface area (Å²) >= 11 is 0. The highest BCUT2D eigenvalue weighted by atomic mass is 16.2. The van der Waals surface area contributed by atoms with E-state index in [2.05, 4.69) is 10.5 Å². The lowest BCUT2D eigenvalue weighted by molar-refractivity contribution is -0.118. The fourth-order valence-corrected chi connectivity index (χ4v) is 1.38. The van der Waals surface area contributed by atoms with Crippen LogP contribution in [0, 0.1) is 31.6 Å². The number of amides is 1. The molecule has 0 spiro atoms. The van der Waals surface area contributed by atoms with Crippen LogP contribution in [0.4, 0.5) is 5.69 Å². The van der Waals surface area contributed by atoms with Crippen LogP contribution < -0.4 is 11.2 Å². The van der Waals surface area contributed by atoms with Gasteiger partial charge in [-0.1, -0.05) is 18.2 Å². The number of carbonyl (C=O) groups excluding carboxylic acids is 1. The van der Waals surface area contributed by atoms with Crippen molar-refractivity contribution < 1.29 is 4.79 Å². The molecule has 1 aromatic carbocycles. The molecule has 0 saturated heterocycles. The van der Waals surface area contributed by atoms with E-state index in [0.717, 1.165) is 5.56 Å². The molecular weight excluding hydrogens is 214 g/mol. The third-order valence-electron chi connectivity index (χ3n) is 2.29. The molecule has 3 N–H and O–H groups in total. The minimum atomic E-state index is -0.235. The summed E-state index contributed by atoms with van der Waals surface area (Å²) in [6.45, 7) is 0. The van der Waals surface area contributed by atoms with E-state index in [4.69, 9.17) is 5.73 Å². The van der Waals surface area contributed by atoms with Crippen LogP contribution in [0.3, 0.4) is 0 Å². The van der Waals surface area contributed by atoms with Gasteiger partial charge in [0.1, 0.15) is 0 Å². The molecule has 1 aliphatic rings. The molecule has 1 aliphatic carbocycles. The first-order valence-electron chi connectivity index (χ1n) is 5.17. The maximum atomic E-state index is 11.5. The maximum Gasteiger partial charge on any atom is 0.248 e. The number of para-hydroxylation sites is 1. The van der Waals surface area contributed by atoms with Gasteiger partial charge in [-0.15, -0.1) is 0 Å². The van der Waals surface area contributed by atoms with E-state index in [1.54, 1.807) is 31.7 Å². The average molecular weight is 226 g/mol. The Morgan fingerprint density at radius 2 is 1.94 bits per heavy atom. The summed E-state index contributed by atoms with van der Waals surface area (Å²) in [5.74, 6) is 0.351. The van der Waals surface area contributed by atoms with Gasteiger partial charge in [0.2, 0.25) is 5.91 Å². The van der Waals surface area contributed by atoms with Crippen LogP contribution in [0.5, 0.6) is 0 Å². The number of nitrogens with two attached hydrogens (primary N) is 1. The molecule has 1 aromatic rings. The average Bonchev–Trinajstić information content (AvgIpc) is 2.85. The van der Waals surface area contributed by atoms with Gasteiger partial charge in [-0.2, -0.15) is 5.10 Å². The van der Waals surface area contributed by atoms with E-state index in [9.17, 15) is 4.79 Å². The van der Waals surface area contributed by atoms with Crippen molar-refractivity contribution in [3.63, 3.8) is 0 Å². The Bertz CT molecular complexity index is 422. The molecule has 85 valence electrons. The zero-order valence-electron chi connectivity index (χ0n) is 9.13. The van der Waals surface area contributed by atoms with Gasteiger partial charge in [0, 0.05) is 11.3 Å². The van der Waals surface area contributed by atoms with Gasteiger partial charge in [-0.3, -0.25) is 4.79 Å². The third kappa shape index (κ3) is 3.06. The van der Waals surface area contributed by atoms with Crippen molar-refractivity contribution in [3.8, 4) is 0 Å². The molecule has 1 amide bonds. The van der Waals surface area contributed by atoms with E-state index in [1.807, 2.05) is 18.2 Å². The lowest BCUT2D eigenvalue weighted by Gasteiger charge is -2.04. The van der Waals surface area contributed by atoms with Crippen molar-refractivity contribution in [3.05, 3.63) is 61.4 Å². The van der Waals surface area contributed by atoms with E-state index >= 15 is 0 Å². The highest BCUT2D eigenvalue weighted by molar-refractivity contribution is 5.96. The van der Waals surface area contributed by atoms with Crippen molar-refractivity contribution in [2.45, 2.75) is 0 Å². The van der Waals surface area contributed by atoms with Crippen molar-refractivity contribution in [1.82, 2.24) is 5.43 Å². The van der Waals surface area contributed by atoms with Crippen LogP contribution in [-0.2, 0) is 4.79 Å². The standard InChI is InChI=1S/C13H12N3O/c14-12-8-4-3-7-11(12)9-15-16-13(17)10-5-1-2-6-10/h1-9H,14H2,(H,16,17)/b15-9+. The lowest BCUT2D eigenvalue weighted by Crippen LogP contribution is -2.24. The predicted octanol–water partition coefficient (Wildman–Crippen LogP) is 1.12. The Morgan fingerprint density at radius 3 is 2.65 bits per heavy atom. The summed E-state index contributed by atoms with van der Waals surface area (Å²) in [6, 6.07) is 7.31. The molecule has 0 aliphatic heterocycles. The highest BCUT2D eigenvalue weighted by Gasteiger charge is 2.23. The zero-order chi connectivity index (χ0) is 12.1. The van der Waals surface area contributed by atoms with Crippen LogP contribution >= 0.6 is 0 Å². The predicted molar refractivity (Wildman–Crippen MR) is 67.0 cm³/mol. The molecule has 4 nitrogen and oxygen atoms in total. The normalized spacial score (nSPS) is 16.5. The smallest absolute Gasteiger partial charge is 0.248 e. The monoisotopic (exact) mass is 226 g/mol. The molecule has 1 fully saturated rings. The summed E-state index contributed by atoms with van der Waals surface area (Å²) in [5, 5.41) is 3.85. The number of rotatable bonds is 3.